The molecular weight excluding hydrogens is 192 g/mol. The van der Waals surface area contributed by atoms with Crippen LogP contribution in [0.2, 0.25) is 0 Å². The van der Waals surface area contributed by atoms with E-state index in [1.54, 1.807) is 13.2 Å². The Morgan fingerprint density at radius 2 is 2.33 bits per heavy atom. The second-order valence-electron chi connectivity index (χ2n) is 4.06. The highest BCUT2D eigenvalue weighted by Crippen LogP contribution is 2.03. The summed E-state index contributed by atoms with van der Waals surface area (Å²) in [6, 6.07) is 0. The molecule has 0 atom stereocenters. The molecule has 1 amide bonds. The minimum absolute atomic E-state index is 0.0735. The summed E-state index contributed by atoms with van der Waals surface area (Å²) in [4.78, 5) is 15.5. The van der Waals surface area contributed by atoms with Gasteiger partial charge in [-0.3, -0.25) is 4.79 Å². The smallest absolute Gasteiger partial charge is 0.220 e. The van der Waals surface area contributed by atoms with Gasteiger partial charge >= 0.3 is 0 Å². The lowest BCUT2D eigenvalue weighted by Gasteiger charge is -2.06. The minimum Gasteiger partial charge on any atom is -0.449 e. The van der Waals surface area contributed by atoms with Gasteiger partial charge in [0.2, 0.25) is 5.91 Å². The molecular formula is C11H18N2O2. The molecule has 0 aliphatic carbocycles. The molecule has 1 aromatic heterocycles. The Balaban J connectivity index is 2.22. The minimum atomic E-state index is 0.0735. The number of hydrogen-bond acceptors (Lipinski definition) is 3. The van der Waals surface area contributed by atoms with E-state index in [4.69, 9.17) is 4.42 Å². The van der Waals surface area contributed by atoms with Crippen LogP contribution in [0.25, 0.3) is 0 Å². The number of carbonyl (C=O) groups is 1. The van der Waals surface area contributed by atoms with E-state index in [9.17, 15) is 4.79 Å². The molecule has 0 unspecified atom stereocenters. The number of amides is 1. The van der Waals surface area contributed by atoms with E-state index < -0.39 is 0 Å². The van der Waals surface area contributed by atoms with E-state index in [2.05, 4.69) is 24.1 Å². The van der Waals surface area contributed by atoms with Crippen LogP contribution in [0.4, 0.5) is 0 Å². The molecule has 1 N–H and O–H groups in total. The summed E-state index contributed by atoms with van der Waals surface area (Å²) >= 11 is 0. The maximum Gasteiger partial charge on any atom is 0.220 e. The molecule has 15 heavy (non-hydrogen) atoms. The lowest BCUT2D eigenvalue weighted by Crippen LogP contribution is -2.27. The van der Waals surface area contributed by atoms with Crippen LogP contribution in [-0.4, -0.2) is 17.4 Å². The molecule has 0 aliphatic rings. The molecule has 1 rings (SSSR count). The summed E-state index contributed by atoms with van der Waals surface area (Å²) < 4.78 is 5.05. The first kappa shape index (κ1) is 11.8. The number of aromatic nitrogens is 1. The molecule has 1 aromatic rings. The monoisotopic (exact) mass is 210 g/mol. The van der Waals surface area contributed by atoms with E-state index in [0.29, 0.717) is 24.7 Å². The van der Waals surface area contributed by atoms with Gasteiger partial charge in [0.1, 0.15) is 6.26 Å². The number of hydrogen-bond donors (Lipinski definition) is 1. The molecule has 84 valence electrons. The molecule has 0 saturated carbocycles. The lowest BCUT2D eigenvalue weighted by atomic mass is 10.2. The highest BCUT2D eigenvalue weighted by molar-refractivity contribution is 5.76. The molecule has 0 aromatic carbocycles. The van der Waals surface area contributed by atoms with Crippen LogP contribution in [-0.2, 0) is 11.2 Å². The number of rotatable bonds is 5. The Bertz CT molecular complexity index is 318. The molecule has 0 radical (unpaired) electrons. The predicted octanol–water partition coefficient (Wildman–Crippen LogP) is 1.69. The summed E-state index contributed by atoms with van der Waals surface area (Å²) in [5.74, 6) is 1.21. The standard InChI is InChI=1S/C11H18N2O2/c1-8(2)6-12-11(14)5-4-10-7-15-9(3)13-10/h7-8H,4-6H2,1-3H3,(H,12,14). The normalized spacial score (nSPS) is 10.7. The quantitative estimate of drug-likeness (QED) is 0.804. The predicted molar refractivity (Wildman–Crippen MR) is 57.4 cm³/mol. The van der Waals surface area contributed by atoms with Crippen molar-refractivity contribution < 1.29 is 9.21 Å². The zero-order valence-corrected chi connectivity index (χ0v) is 9.54. The maximum atomic E-state index is 11.4. The van der Waals surface area contributed by atoms with Gasteiger partial charge in [-0.1, -0.05) is 13.8 Å². The van der Waals surface area contributed by atoms with E-state index in [1.807, 2.05) is 0 Å². The summed E-state index contributed by atoms with van der Waals surface area (Å²) in [7, 11) is 0. The zero-order chi connectivity index (χ0) is 11.3. The Kier molecular flexibility index (Phi) is 4.34. The average Bonchev–Trinajstić information content (AvgIpc) is 2.58. The van der Waals surface area contributed by atoms with E-state index in [1.165, 1.54) is 0 Å². The zero-order valence-electron chi connectivity index (χ0n) is 9.54. The highest BCUT2D eigenvalue weighted by atomic mass is 16.3. The number of nitrogens with zero attached hydrogens (tertiary/aromatic N) is 1. The fraction of sp³-hybridized carbons (Fsp3) is 0.636. The fourth-order valence-corrected chi connectivity index (χ4v) is 1.17. The van der Waals surface area contributed by atoms with Crippen molar-refractivity contribution >= 4 is 5.91 Å². The third-order valence-corrected chi connectivity index (χ3v) is 1.98. The largest absolute Gasteiger partial charge is 0.449 e. The van der Waals surface area contributed by atoms with Gasteiger partial charge in [0, 0.05) is 26.3 Å². The van der Waals surface area contributed by atoms with Gasteiger partial charge in [-0.2, -0.15) is 0 Å². The Morgan fingerprint density at radius 1 is 1.60 bits per heavy atom. The van der Waals surface area contributed by atoms with Crippen molar-refractivity contribution in [1.29, 1.82) is 0 Å². The van der Waals surface area contributed by atoms with Gasteiger partial charge in [0.05, 0.1) is 5.69 Å². The van der Waals surface area contributed by atoms with Crippen LogP contribution in [0.5, 0.6) is 0 Å². The molecule has 0 saturated heterocycles. The maximum absolute atomic E-state index is 11.4. The summed E-state index contributed by atoms with van der Waals surface area (Å²) in [6.07, 6.45) is 2.71. The Labute approximate surface area is 90.1 Å². The third-order valence-electron chi connectivity index (χ3n) is 1.98. The number of nitrogens with one attached hydrogen (secondary N) is 1. The van der Waals surface area contributed by atoms with Gasteiger partial charge in [0.15, 0.2) is 5.89 Å². The van der Waals surface area contributed by atoms with Crippen molar-refractivity contribution in [2.24, 2.45) is 5.92 Å². The van der Waals surface area contributed by atoms with E-state index in [-0.39, 0.29) is 5.91 Å². The molecule has 4 nitrogen and oxygen atoms in total. The summed E-state index contributed by atoms with van der Waals surface area (Å²) in [5, 5.41) is 2.86. The van der Waals surface area contributed by atoms with E-state index >= 15 is 0 Å². The molecule has 0 fully saturated rings. The SMILES string of the molecule is Cc1nc(CCC(=O)NCC(C)C)co1. The van der Waals surface area contributed by atoms with Crippen LogP contribution in [0.3, 0.4) is 0 Å². The molecule has 0 aliphatic heterocycles. The van der Waals surface area contributed by atoms with E-state index in [0.717, 1.165) is 12.2 Å². The first-order chi connectivity index (χ1) is 7.08. The molecule has 0 bridgehead atoms. The van der Waals surface area contributed by atoms with Crippen molar-refractivity contribution in [3.05, 3.63) is 17.8 Å². The highest BCUT2D eigenvalue weighted by Gasteiger charge is 2.05. The van der Waals surface area contributed by atoms with Crippen LogP contribution in [0.1, 0.15) is 31.9 Å². The second kappa shape index (κ2) is 5.53. The summed E-state index contributed by atoms with van der Waals surface area (Å²) in [6.45, 7) is 6.67. The van der Waals surface area contributed by atoms with Crippen LogP contribution in [0.15, 0.2) is 10.7 Å². The van der Waals surface area contributed by atoms with Gasteiger partial charge < -0.3 is 9.73 Å². The Morgan fingerprint density at radius 3 is 2.87 bits per heavy atom. The van der Waals surface area contributed by atoms with Crippen LogP contribution < -0.4 is 5.32 Å². The van der Waals surface area contributed by atoms with Crippen molar-refractivity contribution in [3.63, 3.8) is 0 Å². The first-order valence-corrected chi connectivity index (χ1v) is 5.25. The van der Waals surface area contributed by atoms with Gasteiger partial charge in [0.25, 0.3) is 0 Å². The van der Waals surface area contributed by atoms with Crippen LogP contribution >= 0.6 is 0 Å². The van der Waals surface area contributed by atoms with Crippen LogP contribution in [0, 0.1) is 12.8 Å². The van der Waals surface area contributed by atoms with Gasteiger partial charge in [-0.15, -0.1) is 0 Å². The van der Waals surface area contributed by atoms with Gasteiger partial charge in [-0.05, 0) is 5.92 Å². The fourth-order valence-electron chi connectivity index (χ4n) is 1.17. The second-order valence-corrected chi connectivity index (χ2v) is 4.06. The van der Waals surface area contributed by atoms with Crippen molar-refractivity contribution in [3.8, 4) is 0 Å². The van der Waals surface area contributed by atoms with Crippen molar-refractivity contribution in [2.45, 2.75) is 33.6 Å². The lowest BCUT2D eigenvalue weighted by molar-refractivity contribution is -0.121. The Hall–Kier alpha value is -1.32. The number of carbonyl (C=O) groups excluding carboxylic acids is 1. The molecule has 1 heterocycles. The van der Waals surface area contributed by atoms with Crippen molar-refractivity contribution in [1.82, 2.24) is 10.3 Å². The topological polar surface area (TPSA) is 55.1 Å². The molecule has 4 heteroatoms. The molecule has 0 spiro atoms. The first-order valence-electron chi connectivity index (χ1n) is 5.25. The third kappa shape index (κ3) is 4.63. The number of oxazole rings is 1. The average molecular weight is 210 g/mol. The number of aryl methyl sites for hydroxylation is 2. The van der Waals surface area contributed by atoms with Crippen molar-refractivity contribution in [2.75, 3.05) is 6.54 Å². The van der Waals surface area contributed by atoms with Gasteiger partial charge in [-0.25, -0.2) is 4.98 Å². The summed E-state index contributed by atoms with van der Waals surface area (Å²) in [5.41, 5.74) is 0.840.